The Hall–Kier alpha value is -2.23. The Balaban J connectivity index is 3.40. The van der Waals surface area contributed by atoms with Crippen molar-refractivity contribution in [3.05, 3.63) is 28.8 Å². The third-order valence-corrected chi connectivity index (χ3v) is 2.38. The Morgan fingerprint density at radius 3 is 2.53 bits per heavy atom. The molecule has 0 atom stereocenters. The second-order valence-corrected chi connectivity index (χ2v) is 3.66. The van der Waals surface area contributed by atoms with E-state index in [4.69, 9.17) is 10.4 Å². The Labute approximate surface area is 107 Å². The van der Waals surface area contributed by atoms with Crippen molar-refractivity contribution in [2.45, 2.75) is 26.1 Å². The lowest BCUT2D eigenvalue weighted by molar-refractivity contribution is -0.275. The predicted molar refractivity (Wildman–Crippen MR) is 58.6 cm³/mol. The molecule has 1 aromatic rings. The molecule has 0 amide bonds. The first-order chi connectivity index (χ1) is 8.78. The van der Waals surface area contributed by atoms with Gasteiger partial charge in [0.15, 0.2) is 0 Å². The highest BCUT2D eigenvalue weighted by Crippen LogP contribution is 2.33. The number of benzene rings is 1. The van der Waals surface area contributed by atoms with E-state index in [1.807, 2.05) is 0 Å². The molecule has 1 aromatic carbocycles. The molecule has 0 radical (unpaired) electrons. The van der Waals surface area contributed by atoms with Gasteiger partial charge in [-0.25, -0.2) is 0 Å². The minimum Gasteiger partial charge on any atom is -0.481 e. The zero-order valence-electron chi connectivity index (χ0n) is 9.91. The number of halogens is 3. The van der Waals surface area contributed by atoms with Gasteiger partial charge in [-0.3, -0.25) is 4.79 Å². The van der Waals surface area contributed by atoms with Crippen LogP contribution in [0.2, 0.25) is 0 Å². The van der Waals surface area contributed by atoms with Gasteiger partial charge in [-0.15, -0.1) is 13.2 Å². The molecule has 0 heterocycles. The number of hydrogen-bond donors (Lipinski definition) is 1. The van der Waals surface area contributed by atoms with E-state index in [-0.39, 0.29) is 23.1 Å². The normalized spacial score (nSPS) is 10.9. The SMILES string of the molecule is CCc1c(C#N)ccc(CC(=O)O)c1OC(F)(F)F. The molecule has 102 valence electrons. The van der Waals surface area contributed by atoms with Crippen LogP contribution in [0.4, 0.5) is 13.2 Å². The van der Waals surface area contributed by atoms with Gasteiger partial charge < -0.3 is 9.84 Å². The van der Waals surface area contributed by atoms with Gasteiger partial charge in [-0.1, -0.05) is 13.0 Å². The van der Waals surface area contributed by atoms with E-state index in [2.05, 4.69) is 4.74 Å². The Morgan fingerprint density at radius 2 is 2.11 bits per heavy atom. The number of carboxylic acid groups (broad SMARTS) is 1. The van der Waals surface area contributed by atoms with E-state index >= 15 is 0 Å². The van der Waals surface area contributed by atoms with Crippen molar-refractivity contribution in [2.24, 2.45) is 0 Å². The summed E-state index contributed by atoms with van der Waals surface area (Å²) in [6, 6.07) is 4.21. The van der Waals surface area contributed by atoms with Crippen molar-refractivity contribution in [1.82, 2.24) is 0 Å². The molecule has 0 aliphatic heterocycles. The molecule has 4 nitrogen and oxygen atoms in total. The largest absolute Gasteiger partial charge is 0.573 e. The maximum Gasteiger partial charge on any atom is 0.573 e. The van der Waals surface area contributed by atoms with Crippen molar-refractivity contribution in [1.29, 1.82) is 5.26 Å². The molecular weight excluding hydrogens is 263 g/mol. The van der Waals surface area contributed by atoms with Gasteiger partial charge in [0.25, 0.3) is 0 Å². The number of nitriles is 1. The highest BCUT2D eigenvalue weighted by Gasteiger charge is 2.33. The number of ether oxygens (including phenoxy) is 1. The number of alkyl halides is 3. The van der Waals surface area contributed by atoms with Crippen molar-refractivity contribution in [2.75, 3.05) is 0 Å². The highest BCUT2D eigenvalue weighted by molar-refractivity contribution is 5.72. The molecule has 0 aliphatic rings. The second-order valence-electron chi connectivity index (χ2n) is 3.66. The van der Waals surface area contributed by atoms with Crippen LogP contribution in [0.5, 0.6) is 5.75 Å². The fraction of sp³-hybridized carbons (Fsp3) is 0.333. The molecule has 7 heteroatoms. The lowest BCUT2D eigenvalue weighted by Gasteiger charge is -2.16. The molecule has 0 saturated heterocycles. The van der Waals surface area contributed by atoms with Gasteiger partial charge in [-0.2, -0.15) is 5.26 Å². The lowest BCUT2D eigenvalue weighted by atomic mass is 9.99. The van der Waals surface area contributed by atoms with Crippen LogP contribution in [0.25, 0.3) is 0 Å². The van der Waals surface area contributed by atoms with E-state index in [1.165, 1.54) is 6.07 Å². The maximum atomic E-state index is 12.4. The van der Waals surface area contributed by atoms with E-state index in [1.54, 1.807) is 13.0 Å². The lowest BCUT2D eigenvalue weighted by Crippen LogP contribution is -2.20. The zero-order chi connectivity index (χ0) is 14.6. The summed E-state index contributed by atoms with van der Waals surface area (Å²) in [6.07, 6.45) is -5.42. The molecule has 0 saturated carbocycles. The number of carbonyl (C=O) groups is 1. The summed E-state index contributed by atoms with van der Waals surface area (Å²) < 4.78 is 41.0. The first-order valence-electron chi connectivity index (χ1n) is 5.30. The van der Waals surface area contributed by atoms with Crippen LogP contribution in [0, 0.1) is 11.3 Å². The Bertz CT molecular complexity index is 532. The molecule has 0 aliphatic carbocycles. The average molecular weight is 273 g/mol. The quantitative estimate of drug-likeness (QED) is 0.915. The smallest absolute Gasteiger partial charge is 0.481 e. The standard InChI is InChI=1S/C12H10F3NO3/c1-2-9-8(6-16)4-3-7(5-10(17)18)11(9)19-12(13,14)15/h3-4H,2,5H2,1H3,(H,17,18). The van der Waals surface area contributed by atoms with Crippen LogP contribution in [-0.4, -0.2) is 17.4 Å². The molecule has 0 bridgehead atoms. The molecular formula is C12H10F3NO3. The third-order valence-electron chi connectivity index (χ3n) is 2.38. The van der Waals surface area contributed by atoms with Crippen molar-refractivity contribution in [3.8, 4) is 11.8 Å². The molecule has 0 spiro atoms. The van der Waals surface area contributed by atoms with Gasteiger partial charge in [0.2, 0.25) is 0 Å². The summed E-state index contributed by atoms with van der Waals surface area (Å²) in [7, 11) is 0. The van der Waals surface area contributed by atoms with Gasteiger partial charge in [0, 0.05) is 11.1 Å². The molecule has 1 N–H and O–H groups in total. The fourth-order valence-corrected chi connectivity index (χ4v) is 1.68. The van der Waals surface area contributed by atoms with Crippen molar-refractivity contribution >= 4 is 5.97 Å². The summed E-state index contributed by atoms with van der Waals surface area (Å²) in [5.74, 6) is -1.87. The zero-order valence-corrected chi connectivity index (χ0v) is 9.91. The van der Waals surface area contributed by atoms with Crippen molar-refractivity contribution < 1.29 is 27.8 Å². The number of rotatable bonds is 4. The van der Waals surface area contributed by atoms with Crippen LogP contribution in [0.3, 0.4) is 0 Å². The van der Waals surface area contributed by atoms with Crippen LogP contribution in [0.1, 0.15) is 23.6 Å². The van der Waals surface area contributed by atoms with E-state index in [9.17, 15) is 18.0 Å². The highest BCUT2D eigenvalue weighted by atomic mass is 19.4. The topological polar surface area (TPSA) is 70.3 Å². The van der Waals surface area contributed by atoms with Crippen LogP contribution in [0.15, 0.2) is 12.1 Å². The molecule has 19 heavy (non-hydrogen) atoms. The average Bonchev–Trinajstić information content (AvgIpc) is 2.28. The van der Waals surface area contributed by atoms with Gasteiger partial charge in [-0.05, 0) is 12.5 Å². The van der Waals surface area contributed by atoms with Crippen LogP contribution >= 0.6 is 0 Å². The summed E-state index contributed by atoms with van der Waals surface area (Å²) in [5.41, 5.74) is -0.0184. The number of hydrogen-bond acceptors (Lipinski definition) is 3. The number of aliphatic carboxylic acids is 1. The minimum absolute atomic E-state index is 0.0379. The monoisotopic (exact) mass is 273 g/mol. The van der Waals surface area contributed by atoms with E-state index < -0.39 is 24.5 Å². The maximum absolute atomic E-state index is 12.4. The first-order valence-corrected chi connectivity index (χ1v) is 5.30. The Kier molecular flexibility index (Phi) is 4.38. The first kappa shape index (κ1) is 14.8. The number of nitrogens with zero attached hydrogens (tertiary/aromatic N) is 1. The van der Waals surface area contributed by atoms with E-state index in [0.717, 1.165) is 6.07 Å². The molecule has 0 unspecified atom stereocenters. The summed E-state index contributed by atoms with van der Waals surface area (Å²) in [4.78, 5) is 10.6. The fourth-order valence-electron chi connectivity index (χ4n) is 1.68. The molecule has 1 rings (SSSR count). The number of carboxylic acids is 1. The van der Waals surface area contributed by atoms with Gasteiger partial charge in [0.1, 0.15) is 5.75 Å². The minimum atomic E-state index is -4.94. The van der Waals surface area contributed by atoms with Crippen molar-refractivity contribution in [3.63, 3.8) is 0 Å². The van der Waals surface area contributed by atoms with E-state index in [0.29, 0.717) is 0 Å². The second kappa shape index (κ2) is 5.61. The van der Waals surface area contributed by atoms with Crippen LogP contribution in [-0.2, 0) is 17.6 Å². The third kappa shape index (κ3) is 3.88. The van der Waals surface area contributed by atoms with Crippen LogP contribution < -0.4 is 4.74 Å². The van der Waals surface area contributed by atoms with Gasteiger partial charge >= 0.3 is 12.3 Å². The summed E-state index contributed by atoms with van der Waals surface area (Å²) in [6.45, 7) is 1.56. The van der Waals surface area contributed by atoms with Gasteiger partial charge in [0.05, 0.1) is 18.1 Å². The summed E-state index contributed by atoms with van der Waals surface area (Å²) in [5, 5.41) is 17.5. The predicted octanol–water partition coefficient (Wildman–Crippen LogP) is 2.65. The Morgan fingerprint density at radius 1 is 1.47 bits per heavy atom. The summed E-state index contributed by atoms with van der Waals surface area (Å²) >= 11 is 0. The molecule has 0 aromatic heterocycles. The molecule has 0 fully saturated rings.